The van der Waals surface area contributed by atoms with Gasteiger partial charge in [-0.15, -0.1) is 11.3 Å². The molecule has 2 heterocycles. The maximum absolute atomic E-state index is 11.6. The number of fused-ring (bicyclic) bond motifs is 1. The van der Waals surface area contributed by atoms with Gasteiger partial charge in [0.2, 0.25) is 5.91 Å². The number of hydrogen-bond donors (Lipinski definition) is 2. The van der Waals surface area contributed by atoms with Gasteiger partial charge in [-0.3, -0.25) is 4.79 Å². The standard InChI is InChI=1S/C15H17N3OS/c1-2-18(9-11-4-3-7-20-11)10-5-6-12-13(8-10)17-15(19)14(12)16/h3-8,14H,2,9,16H2,1H3,(H,17,19). The molecule has 0 aliphatic carbocycles. The molecule has 1 atom stereocenters. The lowest BCUT2D eigenvalue weighted by molar-refractivity contribution is -0.116. The quantitative estimate of drug-likeness (QED) is 0.909. The van der Waals surface area contributed by atoms with Crippen LogP contribution in [0.3, 0.4) is 0 Å². The van der Waals surface area contributed by atoms with Crippen molar-refractivity contribution in [3.05, 3.63) is 46.2 Å². The monoisotopic (exact) mass is 287 g/mol. The maximum Gasteiger partial charge on any atom is 0.245 e. The molecule has 1 aliphatic heterocycles. The molecular weight excluding hydrogens is 270 g/mol. The highest BCUT2D eigenvalue weighted by molar-refractivity contribution is 7.09. The van der Waals surface area contributed by atoms with E-state index in [1.807, 2.05) is 18.2 Å². The van der Waals surface area contributed by atoms with Gasteiger partial charge in [0.25, 0.3) is 0 Å². The summed E-state index contributed by atoms with van der Waals surface area (Å²) in [6, 6.07) is 9.66. The first-order chi connectivity index (χ1) is 9.69. The van der Waals surface area contributed by atoms with Crippen molar-refractivity contribution in [3.8, 4) is 0 Å². The number of nitrogens with zero attached hydrogens (tertiary/aromatic N) is 1. The van der Waals surface area contributed by atoms with Crippen molar-refractivity contribution < 1.29 is 4.79 Å². The fourth-order valence-electron chi connectivity index (χ4n) is 2.45. The molecule has 3 rings (SSSR count). The van der Waals surface area contributed by atoms with E-state index in [1.165, 1.54) is 4.88 Å². The van der Waals surface area contributed by atoms with Crippen LogP contribution in [0.15, 0.2) is 35.7 Å². The fraction of sp³-hybridized carbons (Fsp3) is 0.267. The summed E-state index contributed by atoms with van der Waals surface area (Å²) in [7, 11) is 0. The van der Waals surface area contributed by atoms with Crippen LogP contribution >= 0.6 is 11.3 Å². The number of rotatable bonds is 4. The molecule has 1 unspecified atom stereocenters. The third kappa shape index (κ3) is 2.30. The molecule has 0 radical (unpaired) electrons. The molecule has 0 saturated carbocycles. The Balaban J connectivity index is 1.86. The Hall–Kier alpha value is -1.85. The molecule has 2 aromatic rings. The van der Waals surface area contributed by atoms with Gasteiger partial charge in [-0.25, -0.2) is 0 Å². The second-order valence-electron chi connectivity index (χ2n) is 4.83. The van der Waals surface area contributed by atoms with Gasteiger partial charge < -0.3 is 16.0 Å². The van der Waals surface area contributed by atoms with Crippen LogP contribution < -0.4 is 16.0 Å². The fourth-order valence-corrected chi connectivity index (χ4v) is 3.17. The van der Waals surface area contributed by atoms with E-state index in [1.54, 1.807) is 11.3 Å². The number of carbonyl (C=O) groups excluding carboxylic acids is 1. The first-order valence-corrected chi connectivity index (χ1v) is 7.54. The van der Waals surface area contributed by atoms with Gasteiger partial charge in [-0.1, -0.05) is 12.1 Å². The van der Waals surface area contributed by atoms with E-state index >= 15 is 0 Å². The molecule has 1 aliphatic rings. The van der Waals surface area contributed by atoms with Gasteiger partial charge in [-0.2, -0.15) is 0 Å². The van der Waals surface area contributed by atoms with Crippen LogP contribution in [0, 0.1) is 0 Å². The molecule has 5 heteroatoms. The predicted octanol–water partition coefficient (Wildman–Crippen LogP) is 2.73. The van der Waals surface area contributed by atoms with Crippen LogP contribution in [0.5, 0.6) is 0 Å². The lowest BCUT2D eigenvalue weighted by atomic mass is 10.1. The number of nitrogens with one attached hydrogen (secondary N) is 1. The zero-order valence-corrected chi connectivity index (χ0v) is 12.1. The van der Waals surface area contributed by atoms with Crippen LogP contribution in [0.1, 0.15) is 23.4 Å². The van der Waals surface area contributed by atoms with Crippen LogP contribution in [0.2, 0.25) is 0 Å². The van der Waals surface area contributed by atoms with Crippen molar-refractivity contribution in [1.82, 2.24) is 0 Å². The highest BCUT2D eigenvalue weighted by Gasteiger charge is 2.27. The average molecular weight is 287 g/mol. The van der Waals surface area contributed by atoms with Crippen LogP contribution in [0.25, 0.3) is 0 Å². The zero-order valence-electron chi connectivity index (χ0n) is 11.3. The second kappa shape index (κ2) is 5.26. The summed E-state index contributed by atoms with van der Waals surface area (Å²) in [6.45, 7) is 3.93. The Bertz CT molecular complexity index is 624. The predicted molar refractivity (Wildman–Crippen MR) is 83.0 cm³/mol. The lowest BCUT2D eigenvalue weighted by Crippen LogP contribution is -2.21. The minimum atomic E-state index is -0.536. The number of anilines is 2. The van der Waals surface area contributed by atoms with Gasteiger partial charge in [0.15, 0.2) is 0 Å². The largest absolute Gasteiger partial charge is 0.367 e. The van der Waals surface area contributed by atoms with Gasteiger partial charge in [-0.05, 0) is 30.5 Å². The Kier molecular flexibility index (Phi) is 3.46. The van der Waals surface area contributed by atoms with Crippen LogP contribution in [-0.4, -0.2) is 12.5 Å². The van der Waals surface area contributed by atoms with Crippen molar-refractivity contribution in [2.24, 2.45) is 5.73 Å². The summed E-state index contributed by atoms with van der Waals surface area (Å²) >= 11 is 1.76. The Morgan fingerprint density at radius 2 is 2.25 bits per heavy atom. The first-order valence-electron chi connectivity index (χ1n) is 6.66. The Morgan fingerprint density at radius 1 is 1.40 bits per heavy atom. The van der Waals surface area contributed by atoms with Crippen molar-refractivity contribution >= 4 is 28.6 Å². The number of hydrogen-bond acceptors (Lipinski definition) is 4. The summed E-state index contributed by atoms with van der Waals surface area (Å²) in [5.74, 6) is -0.126. The molecule has 1 aromatic heterocycles. The average Bonchev–Trinajstić information content (AvgIpc) is 3.05. The maximum atomic E-state index is 11.6. The van der Waals surface area contributed by atoms with Crippen molar-refractivity contribution in [2.45, 2.75) is 19.5 Å². The molecule has 0 saturated heterocycles. The number of nitrogens with two attached hydrogens (primary N) is 1. The highest BCUT2D eigenvalue weighted by Crippen LogP contribution is 2.33. The van der Waals surface area contributed by atoms with Gasteiger partial charge in [0.05, 0.1) is 6.54 Å². The third-order valence-electron chi connectivity index (χ3n) is 3.59. The van der Waals surface area contributed by atoms with E-state index in [-0.39, 0.29) is 5.91 Å². The van der Waals surface area contributed by atoms with Crippen molar-refractivity contribution in [2.75, 3.05) is 16.8 Å². The summed E-state index contributed by atoms with van der Waals surface area (Å²) in [5.41, 5.74) is 8.66. The lowest BCUT2D eigenvalue weighted by Gasteiger charge is -2.23. The molecule has 4 nitrogen and oxygen atoms in total. The summed E-state index contributed by atoms with van der Waals surface area (Å²) in [6.07, 6.45) is 0. The zero-order chi connectivity index (χ0) is 14.1. The van der Waals surface area contributed by atoms with E-state index in [9.17, 15) is 4.79 Å². The number of benzene rings is 1. The molecule has 3 N–H and O–H groups in total. The van der Waals surface area contributed by atoms with Crippen LogP contribution in [-0.2, 0) is 11.3 Å². The molecule has 20 heavy (non-hydrogen) atoms. The van der Waals surface area contributed by atoms with Gasteiger partial charge in [0, 0.05) is 28.4 Å². The number of amides is 1. The normalized spacial score (nSPS) is 16.9. The minimum absolute atomic E-state index is 0.126. The Labute approximate surface area is 122 Å². The smallest absolute Gasteiger partial charge is 0.245 e. The summed E-state index contributed by atoms with van der Waals surface area (Å²) in [5, 5.41) is 4.93. The molecule has 104 valence electrons. The second-order valence-corrected chi connectivity index (χ2v) is 5.86. The van der Waals surface area contributed by atoms with E-state index < -0.39 is 6.04 Å². The van der Waals surface area contributed by atoms with Crippen molar-refractivity contribution in [3.63, 3.8) is 0 Å². The van der Waals surface area contributed by atoms with E-state index in [2.05, 4.69) is 34.7 Å². The van der Waals surface area contributed by atoms with E-state index in [4.69, 9.17) is 5.73 Å². The topological polar surface area (TPSA) is 58.4 Å². The molecule has 0 bridgehead atoms. The summed E-state index contributed by atoms with van der Waals surface area (Å²) < 4.78 is 0. The molecule has 1 amide bonds. The highest BCUT2D eigenvalue weighted by atomic mass is 32.1. The molecular formula is C15H17N3OS. The molecule has 0 spiro atoms. The number of thiophene rings is 1. The van der Waals surface area contributed by atoms with Crippen molar-refractivity contribution in [1.29, 1.82) is 0 Å². The third-order valence-corrected chi connectivity index (χ3v) is 4.45. The van der Waals surface area contributed by atoms with E-state index in [0.29, 0.717) is 0 Å². The minimum Gasteiger partial charge on any atom is -0.367 e. The van der Waals surface area contributed by atoms with E-state index in [0.717, 1.165) is 30.0 Å². The SMILES string of the molecule is CCN(Cc1cccs1)c1ccc2c(c1)NC(=O)C2N. The Morgan fingerprint density at radius 3 is 2.95 bits per heavy atom. The molecule has 0 fully saturated rings. The molecule has 1 aromatic carbocycles. The number of carbonyl (C=O) groups is 1. The van der Waals surface area contributed by atoms with Gasteiger partial charge in [0.1, 0.15) is 6.04 Å². The van der Waals surface area contributed by atoms with Gasteiger partial charge >= 0.3 is 0 Å². The summed E-state index contributed by atoms with van der Waals surface area (Å²) in [4.78, 5) is 15.2. The van der Waals surface area contributed by atoms with Crippen LogP contribution in [0.4, 0.5) is 11.4 Å². The first kappa shape index (κ1) is 13.1.